The molecule has 0 saturated heterocycles. The van der Waals surface area contributed by atoms with Gasteiger partial charge >= 0.3 is 0 Å². The second-order valence-corrected chi connectivity index (χ2v) is 8.91. The molecule has 9 heteroatoms. The van der Waals surface area contributed by atoms with Crippen LogP contribution < -0.4 is 14.4 Å². The smallest absolute Gasteiger partial charge is 0.265 e. The SMILES string of the molecule is CCC(C(=O)NCc1cccnc1)N(c1ccc(OC)nc1)S(=O)(=O)c1ccccc1C. The molecule has 2 heterocycles. The number of methoxy groups -OCH3 is 1. The third-order valence-corrected chi connectivity index (χ3v) is 6.97. The van der Waals surface area contributed by atoms with Gasteiger partial charge in [0, 0.05) is 25.0 Å². The molecule has 1 unspecified atom stereocenters. The van der Waals surface area contributed by atoms with Gasteiger partial charge in [-0.25, -0.2) is 13.4 Å². The summed E-state index contributed by atoms with van der Waals surface area (Å²) in [7, 11) is -2.59. The molecule has 0 radical (unpaired) electrons. The number of nitrogens with zero attached hydrogens (tertiary/aromatic N) is 3. The van der Waals surface area contributed by atoms with Crippen molar-refractivity contribution in [2.24, 2.45) is 0 Å². The third kappa shape index (κ3) is 5.05. The molecule has 8 nitrogen and oxygen atoms in total. The van der Waals surface area contributed by atoms with Crippen LogP contribution in [0.25, 0.3) is 0 Å². The number of hydrogen-bond acceptors (Lipinski definition) is 6. The minimum Gasteiger partial charge on any atom is -0.481 e. The van der Waals surface area contributed by atoms with E-state index in [9.17, 15) is 13.2 Å². The maximum absolute atomic E-state index is 13.8. The highest BCUT2D eigenvalue weighted by Gasteiger charge is 2.36. The summed E-state index contributed by atoms with van der Waals surface area (Å²) in [4.78, 5) is 21.5. The number of anilines is 1. The van der Waals surface area contributed by atoms with Crippen LogP contribution in [0.5, 0.6) is 5.88 Å². The summed E-state index contributed by atoms with van der Waals surface area (Å²) in [6.45, 7) is 3.73. The monoisotopic (exact) mass is 454 g/mol. The second kappa shape index (κ2) is 10.2. The molecular weight excluding hydrogens is 428 g/mol. The Morgan fingerprint density at radius 2 is 1.91 bits per heavy atom. The van der Waals surface area contributed by atoms with Gasteiger partial charge in [0.25, 0.3) is 10.0 Å². The number of sulfonamides is 1. The normalized spacial score (nSPS) is 12.1. The van der Waals surface area contributed by atoms with E-state index in [1.807, 2.05) is 6.07 Å². The van der Waals surface area contributed by atoms with Crippen LogP contribution in [0.15, 0.2) is 72.0 Å². The maximum atomic E-state index is 13.8. The van der Waals surface area contributed by atoms with Crippen molar-refractivity contribution in [2.45, 2.75) is 37.8 Å². The van der Waals surface area contributed by atoms with Gasteiger partial charge in [0.05, 0.1) is 23.9 Å². The molecule has 1 atom stereocenters. The first-order valence-electron chi connectivity index (χ1n) is 10.1. The molecule has 168 valence electrons. The molecule has 0 fully saturated rings. The van der Waals surface area contributed by atoms with E-state index in [2.05, 4.69) is 15.3 Å². The lowest BCUT2D eigenvalue weighted by Crippen LogP contribution is -2.49. The van der Waals surface area contributed by atoms with Crippen molar-refractivity contribution >= 4 is 21.6 Å². The van der Waals surface area contributed by atoms with Crippen LogP contribution in [-0.4, -0.2) is 37.4 Å². The molecule has 2 aromatic heterocycles. The summed E-state index contributed by atoms with van der Waals surface area (Å²) >= 11 is 0. The van der Waals surface area contributed by atoms with E-state index in [1.54, 1.807) is 62.6 Å². The number of aromatic nitrogens is 2. The predicted octanol–water partition coefficient (Wildman–Crippen LogP) is 3.08. The van der Waals surface area contributed by atoms with E-state index >= 15 is 0 Å². The van der Waals surface area contributed by atoms with Crippen molar-refractivity contribution in [3.63, 3.8) is 0 Å². The molecule has 0 aliphatic rings. The fourth-order valence-electron chi connectivity index (χ4n) is 3.33. The average molecular weight is 455 g/mol. The molecule has 0 spiro atoms. The standard InChI is InChI=1S/C23H26N4O4S/c1-4-20(23(28)26-15-18-9-7-13-24-14-18)27(19-11-12-22(31-3)25-16-19)32(29,30)21-10-6-5-8-17(21)2/h5-14,16,20H,4,15H2,1-3H3,(H,26,28). The molecule has 3 aromatic rings. The van der Waals surface area contributed by atoms with Crippen molar-refractivity contribution in [3.8, 4) is 5.88 Å². The lowest BCUT2D eigenvalue weighted by Gasteiger charge is -2.31. The van der Waals surface area contributed by atoms with Gasteiger partial charge in [-0.15, -0.1) is 0 Å². The first kappa shape index (κ1) is 23.2. The van der Waals surface area contributed by atoms with E-state index in [-0.39, 0.29) is 23.5 Å². The van der Waals surface area contributed by atoms with E-state index in [4.69, 9.17) is 4.74 Å². The quantitative estimate of drug-likeness (QED) is 0.533. The van der Waals surface area contributed by atoms with Gasteiger partial charge in [-0.05, 0) is 42.7 Å². The molecule has 0 bridgehead atoms. The topological polar surface area (TPSA) is 101 Å². The van der Waals surface area contributed by atoms with Crippen LogP contribution in [-0.2, 0) is 21.4 Å². The number of nitrogens with one attached hydrogen (secondary N) is 1. The Morgan fingerprint density at radius 3 is 2.50 bits per heavy atom. The first-order chi connectivity index (χ1) is 15.4. The zero-order valence-corrected chi connectivity index (χ0v) is 19.0. The maximum Gasteiger partial charge on any atom is 0.265 e. The van der Waals surface area contributed by atoms with Crippen LogP contribution in [0.4, 0.5) is 5.69 Å². The van der Waals surface area contributed by atoms with Gasteiger partial charge < -0.3 is 10.1 Å². The molecular formula is C23H26N4O4S. The molecule has 32 heavy (non-hydrogen) atoms. The molecule has 3 rings (SSSR count). The summed E-state index contributed by atoms with van der Waals surface area (Å²) < 4.78 is 33.8. The predicted molar refractivity (Wildman–Crippen MR) is 122 cm³/mol. The molecule has 1 N–H and O–H groups in total. The zero-order valence-electron chi connectivity index (χ0n) is 18.2. The Hall–Kier alpha value is -3.46. The van der Waals surface area contributed by atoms with Gasteiger partial charge in [-0.1, -0.05) is 31.2 Å². The summed E-state index contributed by atoms with van der Waals surface area (Å²) in [5.74, 6) is -0.0691. The zero-order chi connectivity index (χ0) is 23.1. The molecule has 1 amide bonds. The van der Waals surface area contributed by atoms with E-state index in [0.29, 0.717) is 11.4 Å². The Morgan fingerprint density at radius 1 is 1.12 bits per heavy atom. The summed E-state index contributed by atoms with van der Waals surface area (Å²) in [6.07, 6.45) is 4.95. The molecule has 0 saturated carbocycles. The van der Waals surface area contributed by atoms with Gasteiger partial charge in [0.1, 0.15) is 6.04 Å². The van der Waals surface area contributed by atoms with E-state index < -0.39 is 22.0 Å². The largest absolute Gasteiger partial charge is 0.481 e. The minimum absolute atomic E-state index is 0.134. The van der Waals surface area contributed by atoms with Gasteiger partial charge in [-0.3, -0.25) is 14.1 Å². The molecule has 0 aliphatic carbocycles. The van der Waals surface area contributed by atoms with Crippen molar-refractivity contribution in [1.29, 1.82) is 0 Å². The number of carbonyl (C=O) groups excluding carboxylic acids is 1. The number of ether oxygens (including phenoxy) is 1. The summed E-state index contributed by atoms with van der Waals surface area (Å²) in [6, 6.07) is 12.5. The fraction of sp³-hybridized carbons (Fsp3) is 0.261. The van der Waals surface area contributed by atoms with E-state index in [0.717, 1.165) is 9.87 Å². The number of amides is 1. The van der Waals surface area contributed by atoms with Crippen molar-refractivity contribution in [3.05, 3.63) is 78.2 Å². The Balaban J connectivity index is 2.01. The molecule has 0 aliphatic heterocycles. The fourth-order valence-corrected chi connectivity index (χ4v) is 5.23. The van der Waals surface area contributed by atoms with Crippen LogP contribution in [0.3, 0.4) is 0 Å². The van der Waals surface area contributed by atoms with Crippen molar-refractivity contribution in [1.82, 2.24) is 15.3 Å². The Bertz CT molecular complexity index is 1150. The Labute approximate surface area is 188 Å². The highest BCUT2D eigenvalue weighted by Crippen LogP contribution is 2.29. The number of rotatable bonds is 9. The van der Waals surface area contributed by atoms with Gasteiger partial charge in [0.15, 0.2) is 0 Å². The number of hydrogen-bond donors (Lipinski definition) is 1. The lowest BCUT2D eigenvalue weighted by atomic mass is 10.2. The van der Waals surface area contributed by atoms with Crippen LogP contribution in [0.2, 0.25) is 0 Å². The Kier molecular flexibility index (Phi) is 7.42. The minimum atomic E-state index is -4.06. The van der Waals surface area contributed by atoms with Crippen molar-refractivity contribution in [2.75, 3.05) is 11.4 Å². The van der Waals surface area contributed by atoms with E-state index in [1.165, 1.54) is 19.4 Å². The van der Waals surface area contributed by atoms with Gasteiger partial charge in [-0.2, -0.15) is 0 Å². The summed E-state index contributed by atoms with van der Waals surface area (Å²) in [5, 5.41) is 2.83. The third-order valence-electron chi connectivity index (χ3n) is 4.98. The number of pyridine rings is 2. The highest BCUT2D eigenvalue weighted by atomic mass is 32.2. The highest BCUT2D eigenvalue weighted by molar-refractivity contribution is 7.93. The number of benzene rings is 1. The second-order valence-electron chi connectivity index (χ2n) is 7.13. The average Bonchev–Trinajstić information content (AvgIpc) is 2.81. The summed E-state index contributed by atoms with van der Waals surface area (Å²) in [5.41, 5.74) is 1.68. The number of carbonyl (C=O) groups is 1. The lowest BCUT2D eigenvalue weighted by molar-refractivity contribution is -0.122. The van der Waals surface area contributed by atoms with Crippen LogP contribution >= 0.6 is 0 Å². The molecule has 1 aromatic carbocycles. The first-order valence-corrected chi connectivity index (χ1v) is 11.6. The van der Waals surface area contributed by atoms with Crippen molar-refractivity contribution < 1.29 is 17.9 Å². The van der Waals surface area contributed by atoms with Crippen LogP contribution in [0, 0.1) is 6.92 Å². The van der Waals surface area contributed by atoms with Gasteiger partial charge in [0.2, 0.25) is 11.8 Å². The number of aryl methyl sites for hydroxylation is 1. The van der Waals surface area contributed by atoms with Crippen LogP contribution in [0.1, 0.15) is 24.5 Å².